The van der Waals surface area contributed by atoms with Crippen molar-refractivity contribution in [3.05, 3.63) is 0 Å². The van der Waals surface area contributed by atoms with Crippen LogP contribution in [-0.4, -0.2) is 17.3 Å². The van der Waals surface area contributed by atoms with Crippen molar-refractivity contribution >= 4 is 21.8 Å². The molecule has 1 N–H and O–H groups in total. The summed E-state index contributed by atoms with van der Waals surface area (Å²) in [6.07, 6.45) is 6.94. The standard InChI is InChI=1S/C11H20BrNO/c1-2-10(8-12)13-11(14)9-6-4-3-5-7-9/h9-10H,2-8H2,1H3,(H,13,14). The minimum Gasteiger partial charge on any atom is -0.352 e. The van der Waals surface area contributed by atoms with E-state index < -0.39 is 0 Å². The molecule has 1 rings (SSSR count). The summed E-state index contributed by atoms with van der Waals surface area (Å²) >= 11 is 3.41. The molecule has 2 nitrogen and oxygen atoms in total. The van der Waals surface area contributed by atoms with Crippen molar-refractivity contribution in [2.75, 3.05) is 5.33 Å². The van der Waals surface area contributed by atoms with Crippen LogP contribution >= 0.6 is 15.9 Å². The molecule has 0 heterocycles. The summed E-state index contributed by atoms with van der Waals surface area (Å²) in [6.45, 7) is 2.10. The number of hydrogen-bond acceptors (Lipinski definition) is 1. The summed E-state index contributed by atoms with van der Waals surface area (Å²) in [5.41, 5.74) is 0. The van der Waals surface area contributed by atoms with E-state index in [2.05, 4.69) is 28.2 Å². The van der Waals surface area contributed by atoms with Crippen LogP contribution in [0.4, 0.5) is 0 Å². The minimum absolute atomic E-state index is 0.274. The quantitative estimate of drug-likeness (QED) is 0.775. The average molecular weight is 262 g/mol. The third-order valence-electron chi connectivity index (χ3n) is 3.00. The Hall–Kier alpha value is -0.0500. The van der Waals surface area contributed by atoms with Crippen LogP contribution in [0.3, 0.4) is 0 Å². The summed E-state index contributed by atoms with van der Waals surface area (Å²) < 4.78 is 0. The summed E-state index contributed by atoms with van der Waals surface area (Å²) in [4.78, 5) is 11.8. The van der Waals surface area contributed by atoms with E-state index in [0.717, 1.165) is 24.6 Å². The Morgan fingerprint density at radius 1 is 1.43 bits per heavy atom. The number of carbonyl (C=O) groups is 1. The molecule has 0 aromatic rings. The lowest BCUT2D eigenvalue weighted by Gasteiger charge is -2.23. The van der Waals surface area contributed by atoms with Gasteiger partial charge in [-0.15, -0.1) is 0 Å². The second-order valence-corrected chi connectivity index (χ2v) is 4.75. The molecule has 0 radical (unpaired) electrons. The number of carbonyl (C=O) groups excluding carboxylic acids is 1. The lowest BCUT2D eigenvalue weighted by Crippen LogP contribution is -2.40. The molecule has 0 saturated heterocycles. The molecule has 1 amide bonds. The van der Waals surface area contributed by atoms with Crippen LogP contribution in [-0.2, 0) is 4.79 Å². The van der Waals surface area contributed by atoms with Crippen LogP contribution in [0.5, 0.6) is 0 Å². The highest BCUT2D eigenvalue weighted by Gasteiger charge is 2.22. The van der Waals surface area contributed by atoms with Crippen LogP contribution < -0.4 is 5.32 Å². The highest BCUT2D eigenvalue weighted by atomic mass is 79.9. The van der Waals surface area contributed by atoms with Gasteiger partial charge in [0.25, 0.3) is 0 Å². The average Bonchev–Trinajstić information content (AvgIpc) is 2.26. The minimum atomic E-state index is 0.274. The Morgan fingerprint density at radius 3 is 2.57 bits per heavy atom. The van der Waals surface area contributed by atoms with Gasteiger partial charge in [-0.05, 0) is 19.3 Å². The van der Waals surface area contributed by atoms with E-state index >= 15 is 0 Å². The molecule has 1 aliphatic carbocycles. The van der Waals surface area contributed by atoms with E-state index in [9.17, 15) is 4.79 Å². The molecule has 0 bridgehead atoms. The second kappa shape index (κ2) is 6.44. The van der Waals surface area contributed by atoms with Gasteiger partial charge in [0.2, 0.25) is 5.91 Å². The number of rotatable bonds is 4. The predicted octanol–water partition coefficient (Wildman–Crippen LogP) is 2.86. The SMILES string of the molecule is CCC(CBr)NC(=O)C1CCCCC1. The first kappa shape index (κ1) is 12.0. The fraction of sp³-hybridized carbons (Fsp3) is 0.909. The Bertz CT molecular complexity index is 174. The van der Waals surface area contributed by atoms with E-state index in [0.29, 0.717) is 6.04 Å². The molecule has 3 heteroatoms. The maximum atomic E-state index is 11.8. The first-order valence-electron chi connectivity index (χ1n) is 5.64. The third-order valence-corrected chi connectivity index (χ3v) is 3.78. The van der Waals surface area contributed by atoms with Gasteiger partial charge in [-0.1, -0.05) is 42.1 Å². The lowest BCUT2D eigenvalue weighted by molar-refractivity contribution is -0.126. The van der Waals surface area contributed by atoms with Gasteiger partial charge < -0.3 is 5.32 Å². The highest BCUT2D eigenvalue weighted by molar-refractivity contribution is 9.09. The molecule has 0 spiro atoms. The van der Waals surface area contributed by atoms with Gasteiger partial charge in [0.05, 0.1) is 0 Å². The largest absolute Gasteiger partial charge is 0.352 e. The molecule has 82 valence electrons. The van der Waals surface area contributed by atoms with Crippen molar-refractivity contribution in [3.63, 3.8) is 0 Å². The number of nitrogens with one attached hydrogen (secondary N) is 1. The molecular formula is C11H20BrNO. The monoisotopic (exact) mass is 261 g/mol. The van der Waals surface area contributed by atoms with E-state index in [-0.39, 0.29) is 11.8 Å². The molecular weight excluding hydrogens is 242 g/mol. The summed E-state index contributed by atoms with van der Waals surface area (Å²) in [5.74, 6) is 0.563. The Balaban J connectivity index is 2.32. The van der Waals surface area contributed by atoms with E-state index in [1.165, 1.54) is 19.3 Å². The summed E-state index contributed by atoms with van der Waals surface area (Å²) in [7, 11) is 0. The number of hydrogen-bond donors (Lipinski definition) is 1. The molecule has 0 aliphatic heterocycles. The smallest absolute Gasteiger partial charge is 0.223 e. The van der Waals surface area contributed by atoms with Gasteiger partial charge in [0.15, 0.2) is 0 Å². The third kappa shape index (κ3) is 3.60. The zero-order valence-corrected chi connectivity index (χ0v) is 10.5. The van der Waals surface area contributed by atoms with Crippen molar-refractivity contribution < 1.29 is 4.79 Å². The number of amides is 1. The number of halogens is 1. The molecule has 0 aromatic carbocycles. The van der Waals surface area contributed by atoms with Crippen molar-refractivity contribution in [1.29, 1.82) is 0 Å². The zero-order chi connectivity index (χ0) is 10.4. The summed E-state index contributed by atoms with van der Waals surface area (Å²) in [6, 6.07) is 0.310. The van der Waals surface area contributed by atoms with Crippen molar-refractivity contribution in [3.8, 4) is 0 Å². The first-order chi connectivity index (χ1) is 6.77. The van der Waals surface area contributed by atoms with Gasteiger partial charge in [-0.3, -0.25) is 4.79 Å². The Morgan fingerprint density at radius 2 is 2.07 bits per heavy atom. The normalized spacial score (nSPS) is 20.4. The lowest BCUT2D eigenvalue weighted by atomic mass is 9.88. The fourth-order valence-corrected chi connectivity index (χ4v) is 2.55. The Labute approximate surface area is 95.0 Å². The van der Waals surface area contributed by atoms with Gasteiger partial charge in [0.1, 0.15) is 0 Å². The van der Waals surface area contributed by atoms with Crippen LogP contribution in [0.2, 0.25) is 0 Å². The first-order valence-corrected chi connectivity index (χ1v) is 6.76. The Kier molecular flexibility index (Phi) is 5.53. The summed E-state index contributed by atoms with van der Waals surface area (Å²) in [5, 5.41) is 3.96. The molecule has 14 heavy (non-hydrogen) atoms. The molecule has 1 saturated carbocycles. The van der Waals surface area contributed by atoms with Gasteiger partial charge in [-0.25, -0.2) is 0 Å². The predicted molar refractivity (Wildman–Crippen MR) is 62.6 cm³/mol. The van der Waals surface area contributed by atoms with Crippen molar-refractivity contribution in [1.82, 2.24) is 5.32 Å². The van der Waals surface area contributed by atoms with E-state index in [1.807, 2.05) is 0 Å². The van der Waals surface area contributed by atoms with Crippen LogP contribution in [0, 0.1) is 5.92 Å². The maximum Gasteiger partial charge on any atom is 0.223 e. The van der Waals surface area contributed by atoms with E-state index in [4.69, 9.17) is 0 Å². The van der Waals surface area contributed by atoms with Crippen LogP contribution in [0.25, 0.3) is 0 Å². The molecule has 1 fully saturated rings. The topological polar surface area (TPSA) is 29.1 Å². The zero-order valence-electron chi connectivity index (χ0n) is 8.89. The molecule has 0 aromatic heterocycles. The van der Waals surface area contributed by atoms with Gasteiger partial charge >= 0.3 is 0 Å². The molecule has 1 unspecified atom stereocenters. The highest BCUT2D eigenvalue weighted by Crippen LogP contribution is 2.23. The van der Waals surface area contributed by atoms with Gasteiger partial charge in [0, 0.05) is 17.3 Å². The maximum absolute atomic E-state index is 11.8. The fourth-order valence-electron chi connectivity index (χ4n) is 1.93. The number of alkyl halides is 1. The van der Waals surface area contributed by atoms with Crippen molar-refractivity contribution in [2.45, 2.75) is 51.5 Å². The second-order valence-electron chi connectivity index (χ2n) is 4.10. The molecule has 1 atom stereocenters. The van der Waals surface area contributed by atoms with Crippen molar-refractivity contribution in [2.24, 2.45) is 5.92 Å². The van der Waals surface area contributed by atoms with Crippen LogP contribution in [0.1, 0.15) is 45.4 Å². The molecule has 1 aliphatic rings. The van der Waals surface area contributed by atoms with Gasteiger partial charge in [-0.2, -0.15) is 0 Å². The van der Waals surface area contributed by atoms with E-state index in [1.54, 1.807) is 0 Å². The van der Waals surface area contributed by atoms with Crippen LogP contribution in [0.15, 0.2) is 0 Å².